The van der Waals surface area contributed by atoms with Crippen LogP contribution >= 0.6 is 18.5 Å². The Balaban J connectivity index is 1.78. The van der Waals surface area contributed by atoms with Crippen LogP contribution in [-0.2, 0) is 6.16 Å². The summed E-state index contributed by atoms with van der Waals surface area (Å²) >= 11 is 0. The lowest BCUT2D eigenvalue weighted by Crippen LogP contribution is -1.87. The van der Waals surface area contributed by atoms with E-state index >= 15 is 0 Å². The summed E-state index contributed by atoms with van der Waals surface area (Å²) in [5.41, 5.74) is 5.86. The molecule has 2 unspecified atom stereocenters. The second-order valence-corrected chi connectivity index (χ2v) is 6.43. The lowest BCUT2D eigenvalue weighted by Gasteiger charge is -2.03. The molecule has 0 amide bonds. The van der Waals surface area contributed by atoms with Gasteiger partial charge in [-0.3, -0.25) is 0 Å². The van der Waals surface area contributed by atoms with Crippen LogP contribution in [0.15, 0.2) is 72.8 Å². The maximum atomic E-state index is 3.22. The Kier molecular flexibility index (Phi) is 5.25. The predicted octanol–water partition coefficient (Wildman–Crippen LogP) is 4.63. The quantitative estimate of drug-likeness (QED) is 0.474. The van der Waals surface area contributed by atoms with Gasteiger partial charge in [-0.25, -0.2) is 0 Å². The minimum Gasteiger partial charge on any atom is -0.133 e. The zero-order valence-corrected chi connectivity index (χ0v) is 15.1. The molecule has 0 aliphatic heterocycles. The highest BCUT2D eigenvalue weighted by atomic mass is 31.0. The molecular weight excluding hydrogens is 314 g/mol. The first kappa shape index (κ1) is 16.0. The van der Waals surface area contributed by atoms with Crippen molar-refractivity contribution >= 4 is 23.8 Å². The Hall–Kier alpha value is -1.92. The van der Waals surface area contributed by atoms with Crippen LogP contribution in [0.3, 0.4) is 0 Å². The fraction of sp³-hybridized carbons (Fsp3) is 0.0476. The average Bonchev–Trinajstić information content (AvgIpc) is 2.62. The molecule has 112 valence electrons. The standard InChI is InChI=1S/C21H18P2/c22-15-18-5-11-20(12-6-18)19-9-3-16(4-10-19)1-2-17-7-13-21(23)14-8-17/h3-14H,15,22-23H2. The summed E-state index contributed by atoms with van der Waals surface area (Å²) in [6.45, 7) is 0. The second kappa shape index (κ2) is 7.57. The van der Waals surface area contributed by atoms with Crippen molar-refractivity contribution in [2.45, 2.75) is 6.16 Å². The van der Waals surface area contributed by atoms with Crippen LogP contribution in [0, 0.1) is 11.8 Å². The van der Waals surface area contributed by atoms with E-state index < -0.39 is 0 Å². The fourth-order valence-corrected chi connectivity index (χ4v) is 2.75. The molecule has 0 radical (unpaired) electrons. The van der Waals surface area contributed by atoms with Gasteiger partial charge in [0.05, 0.1) is 0 Å². The Morgan fingerprint density at radius 2 is 1.04 bits per heavy atom. The Labute approximate surface area is 142 Å². The maximum Gasteiger partial charge on any atom is 0.0249 e. The summed E-state index contributed by atoms with van der Waals surface area (Å²) < 4.78 is 0. The number of rotatable bonds is 2. The Morgan fingerprint density at radius 1 is 0.609 bits per heavy atom. The molecule has 0 heterocycles. The van der Waals surface area contributed by atoms with Crippen LogP contribution in [0.1, 0.15) is 16.7 Å². The molecule has 0 bridgehead atoms. The van der Waals surface area contributed by atoms with Gasteiger partial charge in [0.2, 0.25) is 0 Å². The normalized spacial score (nSPS) is 10.0. The first-order valence-corrected chi connectivity index (χ1v) is 8.91. The fourth-order valence-electron chi connectivity index (χ4n) is 2.29. The Bertz CT molecular complexity index is 834. The topological polar surface area (TPSA) is 0 Å². The highest BCUT2D eigenvalue weighted by Crippen LogP contribution is 2.21. The monoisotopic (exact) mass is 332 g/mol. The Morgan fingerprint density at radius 3 is 1.52 bits per heavy atom. The molecule has 0 aliphatic rings. The van der Waals surface area contributed by atoms with Gasteiger partial charge in [-0.15, -0.1) is 18.5 Å². The highest BCUT2D eigenvalue weighted by Gasteiger charge is 1.97. The minimum absolute atomic E-state index is 0.993. The smallest absolute Gasteiger partial charge is 0.0249 e. The summed E-state index contributed by atoms with van der Waals surface area (Å²) in [6.07, 6.45) is 0.993. The van der Waals surface area contributed by atoms with Crippen LogP contribution < -0.4 is 5.30 Å². The summed E-state index contributed by atoms with van der Waals surface area (Å²) in [5.74, 6) is 6.42. The van der Waals surface area contributed by atoms with E-state index in [1.54, 1.807) is 0 Å². The molecule has 0 fully saturated rings. The molecule has 0 N–H and O–H groups in total. The van der Waals surface area contributed by atoms with Crippen molar-refractivity contribution < 1.29 is 0 Å². The molecule has 0 aromatic heterocycles. The first-order chi connectivity index (χ1) is 11.2. The number of hydrogen-bond donors (Lipinski definition) is 0. The molecule has 3 rings (SSSR count). The maximum absolute atomic E-state index is 3.22. The molecule has 2 heteroatoms. The van der Waals surface area contributed by atoms with Gasteiger partial charge >= 0.3 is 0 Å². The van der Waals surface area contributed by atoms with Crippen LogP contribution in [-0.4, -0.2) is 0 Å². The molecular formula is C21H18P2. The molecule has 3 aromatic rings. The van der Waals surface area contributed by atoms with Gasteiger partial charge in [-0.1, -0.05) is 60.4 Å². The van der Waals surface area contributed by atoms with Gasteiger partial charge in [0.1, 0.15) is 0 Å². The van der Waals surface area contributed by atoms with Crippen LogP contribution in [0.2, 0.25) is 0 Å². The summed E-state index contributed by atoms with van der Waals surface area (Å²) in [4.78, 5) is 0. The van der Waals surface area contributed by atoms with E-state index in [1.807, 2.05) is 12.1 Å². The van der Waals surface area contributed by atoms with Crippen molar-refractivity contribution in [2.24, 2.45) is 0 Å². The van der Waals surface area contributed by atoms with E-state index in [2.05, 4.69) is 91.0 Å². The molecule has 0 saturated carbocycles. The molecule has 3 aromatic carbocycles. The van der Waals surface area contributed by atoms with Gasteiger partial charge < -0.3 is 0 Å². The molecule has 2 atom stereocenters. The SMILES string of the molecule is PCc1ccc(-c2ccc(C#Cc3ccc(P)cc3)cc2)cc1. The van der Waals surface area contributed by atoms with E-state index in [0.717, 1.165) is 17.3 Å². The summed E-state index contributed by atoms with van der Waals surface area (Å²) in [7, 11) is 5.44. The molecule has 0 saturated heterocycles. The third kappa shape index (κ3) is 4.30. The zero-order chi connectivity index (χ0) is 16.1. The van der Waals surface area contributed by atoms with Crippen LogP contribution in [0.25, 0.3) is 11.1 Å². The number of benzene rings is 3. The first-order valence-electron chi connectivity index (χ1n) is 7.51. The minimum atomic E-state index is 0.993. The molecule has 0 aliphatic carbocycles. The van der Waals surface area contributed by atoms with E-state index in [-0.39, 0.29) is 0 Å². The van der Waals surface area contributed by atoms with E-state index in [1.165, 1.54) is 22.0 Å². The summed E-state index contributed by atoms with van der Waals surface area (Å²) in [5, 5.41) is 1.17. The highest BCUT2D eigenvalue weighted by molar-refractivity contribution is 7.27. The van der Waals surface area contributed by atoms with Gasteiger partial charge in [-0.05, 0) is 52.4 Å². The molecule has 23 heavy (non-hydrogen) atoms. The van der Waals surface area contributed by atoms with Crippen molar-refractivity contribution in [3.05, 3.63) is 89.5 Å². The van der Waals surface area contributed by atoms with Gasteiger partial charge in [0, 0.05) is 11.1 Å². The van der Waals surface area contributed by atoms with Gasteiger partial charge in [0.25, 0.3) is 0 Å². The predicted molar refractivity (Wildman–Crippen MR) is 107 cm³/mol. The van der Waals surface area contributed by atoms with Crippen LogP contribution in [0.5, 0.6) is 0 Å². The van der Waals surface area contributed by atoms with E-state index in [0.29, 0.717) is 0 Å². The van der Waals surface area contributed by atoms with Crippen molar-refractivity contribution in [1.82, 2.24) is 0 Å². The largest absolute Gasteiger partial charge is 0.133 e. The molecule has 0 spiro atoms. The third-order valence-corrected chi connectivity index (χ3v) is 4.53. The van der Waals surface area contributed by atoms with Crippen molar-refractivity contribution in [1.29, 1.82) is 0 Å². The second-order valence-electron chi connectivity index (χ2n) is 5.35. The summed E-state index contributed by atoms with van der Waals surface area (Å²) in [6, 6.07) is 25.3. The lowest BCUT2D eigenvalue weighted by atomic mass is 10.0. The van der Waals surface area contributed by atoms with Crippen LogP contribution in [0.4, 0.5) is 0 Å². The lowest BCUT2D eigenvalue weighted by molar-refractivity contribution is 1.42. The average molecular weight is 332 g/mol. The third-order valence-electron chi connectivity index (χ3n) is 3.67. The van der Waals surface area contributed by atoms with Crippen molar-refractivity contribution in [3.63, 3.8) is 0 Å². The van der Waals surface area contributed by atoms with Gasteiger partial charge in [-0.2, -0.15) is 0 Å². The van der Waals surface area contributed by atoms with E-state index in [4.69, 9.17) is 0 Å². The van der Waals surface area contributed by atoms with Crippen molar-refractivity contribution in [2.75, 3.05) is 0 Å². The molecule has 0 nitrogen and oxygen atoms in total. The van der Waals surface area contributed by atoms with Gasteiger partial charge in [0.15, 0.2) is 0 Å². The zero-order valence-electron chi connectivity index (χ0n) is 12.8. The van der Waals surface area contributed by atoms with Crippen molar-refractivity contribution in [3.8, 4) is 23.0 Å². The van der Waals surface area contributed by atoms with E-state index in [9.17, 15) is 0 Å². The number of hydrogen-bond acceptors (Lipinski definition) is 0.